The van der Waals surface area contributed by atoms with E-state index in [1.807, 2.05) is 12.5 Å². The van der Waals surface area contributed by atoms with Crippen molar-refractivity contribution in [3.05, 3.63) is 41.9 Å². The molecular formula is C20H28N2O. The van der Waals surface area contributed by atoms with E-state index in [1.165, 1.54) is 22.4 Å². The molecule has 2 heterocycles. The van der Waals surface area contributed by atoms with E-state index in [0.717, 1.165) is 32.1 Å². The maximum Gasteiger partial charge on any atom is 0.0956 e. The van der Waals surface area contributed by atoms with Gasteiger partial charge in [0, 0.05) is 5.56 Å². The molecule has 2 unspecified atom stereocenters. The van der Waals surface area contributed by atoms with Crippen molar-refractivity contribution in [1.82, 2.24) is 9.55 Å². The molecule has 2 atom stereocenters. The molecule has 1 aromatic carbocycles. The molecule has 3 heteroatoms. The summed E-state index contributed by atoms with van der Waals surface area (Å²) in [6, 6.07) is 6.68. The van der Waals surface area contributed by atoms with Gasteiger partial charge in [-0.15, -0.1) is 0 Å². The second kappa shape index (κ2) is 6.88. The van der Waals surface area contributed by atoms with Crippen molar-refractivity contribution in [2.45, 2.75) is 65.0 Å². The molecule has 1 aliphatic rings. The van der Waals surface area contributed by atoms with Crippen LogP contribution in [-0.2, 0) is 0 Å². The molecule has 0 saturated heterocycles. The molecule has 3 rings (SSSR count). The fourth-order valence-electron chi connectivity index (χ4n) is 4.17. The highest BCUT2D eigenvalue weighted by molar-refractivity contribution is 5.70. The van der Waals surface area contributed by atoms with Crippen LogP contribution in [0.5, 0.6) is 0 Å². The zero-order chi connectivity index (χ0) is 16.4. The van der Waals surface area contributed by atoms with Crippen LogP contribution in [-0.4, -0.2) is 20.8 Å². The fraction of sp³-hybridized carbons (Fsp3) is 0.550. The number of aliphatic hydroxyl groups excluding tert-OH is 1. The highest BCUT2D eigenvalue weighted by atomic mass is 16.3. The zero-order valence-electron chi connectivity index (χ0n) is 14.5. The van der Waals surface area contributed by atoms with Gasteiger partial charge in [0.05, 0.1) is 30.4 Å². The van der Waals surface area contributed by atoms with E-state index in [-0.39, 0.29) is 12.1 Å². The molecule has 124 valence electrons. The van der Waals surface area contributed by atoms with Crippen LogP contribution in [0.4, 0.5) is 0 Å². The topological polar surface area (TPSA) is 38.1 Å². The minimum Gasteiger partial charge on any atom is -0.393 e. The minimum absolute atomic E-state index is 0.218. The maximum atomic E-state index is 10.9. The first-order chi connectivity index (χ1) is 11.2. The van der Waals surface area contributed by atoms with Gasteiger partial charge >= 0.3 is 0 Å². The quantitative estimate of drug-likeness (QED) is 0.802. The molecule has 0 fully saturated rings. The molecule has 2 aromatic rings. The molecule has 0 radical (unpaired) electrons. The second-order valence-electron chi connectivity index (χ2n) is 6.88. The monoisotopic (exact) mass is 312 g/mol. The molecular weight excluding hydrogens is 284 g/mol. The first-order valence-electron chi connectivity index (χ1n) is 8.97. The second-order valence-corrected chi connectivity index (χ2v) is 6.88. The number of nitrogens with zero attached hydrogens (tertiary/aromatic N) is 2. The Hall–Kier alpha value is -1.61. The summed E-state index contributed by atoms with van der Waals surface area (Å²) in [6.07, 6.45) is 8.89. The van der Waals surface area contributed by atoms with Crippen molar-refractivity contribution in [3.63, 3.8) is 0 Å². The van der Waals surface area contributed by atoms with Crippen LogP contribution in [0, 0.1) is 12.8 Å². The van der Waals surface area contributed by atoms with Gasteiger partial charge in [-0.1, -0.05) is 44.9 Å². The van der Waals surface area contributed by atoms with Crippen LogP contribution in [0.25, 0.3) is 11.3 Å². The van der Waals surface area contributed by atoms with Crippen LogP contribution in [0.2, 0.25) is 0 Å². The number of imidazole rings is 1. The smallest absolute Gasteiger partial charge is 0.0956 e. The number of benzene rings is 1. The number of fused-ring (bicyclic) bond motifs is 3. The SMILES string of the molecule is CCCC(CCC)C(O)CC1c2c(C)cccc2-c2cncn21. The average molecular weight is 312 g/mol. The largest absolute Gasteiger partial charge is 0.393 e. The molecule has 0 saturated carbocycles. The van der Waals surface area contributed by atoms with Gasteiger partial charge in [0.1, 0.15) is 0 Å². The fourth-order valence-corrected chi connectivity index (χ4v) is 4.17. The van der Waals surface area contributed by atoms with Crippen molar-refractivity contribution in [2.75, 3.05) is 0 Å². The highest BCUT2D eigenvalue weighted by Gasteiger charge is 2.32. The number of aryl methyl sites for hydroxylation is 1. The third-order valence-electron chi connectivity index (χ3n) is 5.26. The molecule has 1 N–H and O–H groups in total. The van der Waals surface area contributed by atoms with E-state index in [4.69, 9.17) is 0 Å². The molecule has 1 aliphatic heterocycles. The summed E-state index contributed by atoms with van der Waals surface area (Å²) in [5.41, 5.74) is 5.15. The Morgan fingerprint density at radius 3 is 2.65 bits per heavy atom. The first kappa shape index (κ1) is 16.3. The Labute approximate surface area is 139 Å². The Balaban J connectivity index is 1.89. The molecule has 0 spiro atoms. The van der Waals surface area contributed by atoms with E-state index in [1.54, 1.807) is 0 Å². The van der Waals surface area contributed by atoms with Crippen LogP contribution in [0.15, 0.2) is 30.7 Å². The lowest BCUT2D eigenvalue weighted by Gasteiger charge is -2.26. The normalized spacial score (nSPS) is 17.3. The van der Waals surface area contributed by atoms with Gasteiger partial charge in [-0.2, -0.15) is 0 Å². The summed E-state index contributed by atoms with van der Waals surface area (Å²) in [5.74, 6) is 0.407. The van der Waals surface area contributed by atoms with E-state index < -0.39 is 0 Å². The van der Waals surface area contributed by atoms with E-state index in [2.05, 4.69) is 48.5 Å². The Kier molecular flexibility index (Phi) is 4.86. The van der Waals surface area contributed by atoms with E-state index in [9.17, 15) is 5.11 Å². The number of hydrogen-bond donors (Lipinski definition) is 1. The van der Waals surface area contributed by atoms with Crippen molar-refractivity contribution < 1.29 is 5.11 Å². The Morgan fingerprint density at radius 1 is 1.22 bits per heavy atom. The van der Waals surface area contributed by atoms with Crippen molar-refractivity contribution >= 4 is 0 Å². The lowest BCUT2D eigenvalue weighted by atomic mass is 9.86. The maximum absolute atomic E-state index is 10.9. The Bertz CT molecular complexity index is 655. The summed E-state index contributed by atoms with van der Waals surface area (Å²) >= 11 is 0. The summed E-state index contributed by atoms with van der Waals surface area (Å²) in [4.78, 5) is 4.33. The molecule has 3 nitrogen and oxygen atoms in total. The van der Waals surface area contributed by atoms with Gasteiger partial charge in [0.2, 0.25) is 0 Å². The Morgan fingerprint density at radius 2 is 1.96 bits per heavy atom. The summed E-state index contributed by atoms with van der Waals surface area (Å²) in [7, 11) is 0. The lowest BCUT2D eigenvalue weighted by Crippen LogP contribution is -2.24. The van der Waals surface area contributed by atoms with Crippen molar-refractivity contribution in [3.8, 4) is 11.3 Å². The molecule has 1 aromatic heterocycles. The van der Waals surface area contributed by atoms with Gasteiger partial charge in [-0.25, -0.2) is 4.98 Å². The van der Waals surface area contributed by atoms with Crippen LogP contribution in [0.3, 0.4) is 0 Å². The standard InChI is InChI=1S/C20H28N2O/c1-4-7-15(8-5-2)19(23)11-17-20-14(3)9-6-10-16(20)18-12-21-13-22(17)18/h6,9-10,12-13,15,17,19,23H,4-5,7-8,11H2,1-3H3. The summed E-state index contributed by atoms with van der Waals surface area (Å²) in [5, 5.41) is 10.9. The predicted octanol–water partition coefficient (Wildman–Crippen LogP) is 4.73. The van der Waals surface area contributed by atoms with Crippen LogP contribution in [0.1, 0.15) is 63.1 Å². The number of rotatable bonds is 7. The van der Waals surface area contributed by atoms with Gasteiger partial charge in [-0.05, 0) is 43.2 Å². The van der Waals surface area contributed by atoms with Gasteiger partial charge in [-0.3, -0.25) is 0 Å². The van der Waals surface area contributed by atoms with Gasteiger partial charge < -0.3 is 9.67 Å². The number of aliphatic hydroxyl groups is 1. The average Bonchev–Trinajstić information content (AvgIpc) is 3.11. The van der Waals surface area contributed by atoms with Crippen molar-refractivity contribution in [1.29, 1.82) is 0 Å². The van der Waals surface area contributed by atoms with Crippen LogP contribution < -0.4 is 0 Å². The molecule has 0 bridgehead atoms. The minimum atomic E-state index is -0.249. The zero-order valence-corrected chi connectivity index (χ0v) is 14.5. The third-order valence-corrected chi connectivity index (χ3v) is 5.26. The highest BCUT2D eigenvalue weighted by Crippen LogP contribution is 2.43. The molecule has 23 heavy (non-hydrogen) atoms. The third kappa shape index (κ3) is 2.94. The summed E-state index contributed by atoms with van der Waals surface area (Å²) in [6.45, 7) is 6.59. The first-order valence-corrected chi connectivity index (χ1v) is 8.97. The van der Waals surface area contributed by atoms with Crippen LogP contribution >= 0.6 is 0 Å². The number of hydrogen-bond acceptors (Lipinski definition) is 2. The predicted molar refractivity (Wildman–Crippen MR) is 94.5 cm³/mol. The lowest BCUT2D eigenvalue weighted by molar-refractivity contribution is 0.0786. The van der Waals surface area contributed by atoms with E-state index >= 15 is 0 Å². The number of aromatic nitrogens is 2. The van der Waals surface area contributed by atoms with E-state index in [0.29, 0.717) is 5.92 Å². The molecule has 0 amide bonds. The van der Waals surface area contributed by atoms with Gasteiger partial charge in [0.15, 0.2) is 0 Å². The summed E-state index contributed by atoms with van der Waals surface area (Å²) < 4.78 is 2.25. The van der Waals surface area contributed by atoms with Gasteiger partial charge in [0.25, 0.3) is 0 Å². The molecule has 0 aliphatic carbocycles. The van der Waals surface area contributed by atoms with Crippen molar-refractivity contribution in [2.24, 2.45) is 5.92 Å².